The summed E-state index contributed by atoms with van der Waals surface area (Å²) in [5.74, 6) is 3.07. The zero-order valence-electron chi connectivity index (χ0n) is 16.4. The molecule has 0 radical (unpaired) electrons. The van der Waals surface area contributed by atoms with Gasteiger partial charge in [-0.15, -0.1) is 0 Å². The number of aromatic nitrogens is 2. The molecule has 3 aliphatic heterocycles. The van der Waals surface area contributed by atoms with Crippen molar-refractivity contribution in [3.63, 3.8) is 0 Å². The van der Waals surface area contributed by atoms with Gasteiger partial charge in [0.1, 0.15) is 6.54 Å². The molecule has 156 valence electrons. The fraction of sp³-hybridized carbons (Fsp3) is 0.632. The van der Waals surface area contributed by atoms with E-state index in [1.165, 1.54) is 9.80 Å². The van der Waals surface area contributed by atoms with Crippen molar-refractivity contribution in [2.45, 2.75) is 12.8 Å². The van der Waals surface area contributed by atoms with Gasteiger partial charge in [-0.3, -0.25) is 14.5 Å². The van der Waals surface area contributed by atoms with Crippen LogP contribution in [0.2, 0.25) is 0 Å². The Morgan fingerprint density at radius 2 is 1.90 bits per heavy atom. The molecule has 1 aromatic heterocycles. The molecule has 0 aliphatic carbocycles. The molecule has 3 fully saturated rings. The van der Waals surface area contributed by atoms with E-state index in [4.69, 9.17) is 0 Å². The molecule has 10 heteroatoms. The Kier molecular flexibility index (Phi) is 6.17. The number of hydrogen-bond acceptors (Lipinski definition) is 7. The zero-order chi connectivity index (χ0) is 20.2. The maximum absolute atomic E-state index is 12.6. The molecule has 1 unspecified atom stereocenters. The van der Waals surface area contributed by atoms with E-state index in [0.29, 0.717) is 51.1 Å². The molecule has 29 heavy (non-hydrogen) atoms. The molecule has 4 rings (SSSR count). The number of imide groups is 1. The van der Waals surface area contributed by atoms with E-state index in [1.54, 1.807) is 18.5 Å². The Labute approximate surface area is 174 Å². The van der Waals surface area contributed by atoms with Crippen LogP contribution in [-0.2, 0) is 9.59 Å². The van der Waals surface area contributed by atoms with Gasteiger partial charge in [-0.1, -0.05) is 0 Å². The number of carbonyl (C=O) groups excluding carboxylic acids is 3. The third-order valence-corrected chi connectivity index (χ3v) is 6.89. The first-order valence-electron chi connectivity index (χ1n) is 10.1. The largest absolute Gasteiger partial charge is 0.339 e. The van der Waals surface area contributed by atoms with Crippen LogP contribution >= 0.6 is 11.8 Å². The number of hydrogen-bond donors (Lipinski definition) is 0. The maximum Gasteiger partial charge on any atom is 0.327 e. The first kappa shape index (κ1) is 19.9. The standard InChI is InChI=1S/C19H26N6O3S/c26-16(22-7-9-23(10-8-22)18-20-4-1-5-21-18)2-6-24-13-17(27)25(19(24)28)12-15-3-11-29-14-15/h1,4-5,15H,2-3,6-14H2. The Bertz CT molecular complexity index is 750. The van der Waals surface area contributed by atoms with Gasteiger partial charge >= 0.3 is 6.03 Å². The summed E-state index contributed by atoms with van der Waals surface area (Å²) in [7, 11) is 0. The van der Waals surface area contributed by atoms with Gasteiger partial charge in [0, 0.05) is 58.1 Å². The van der Waals surface area contributed by atoms with Crippen LogP contribution in [0.5, 0.6) is 0 Å². The number of amides is 4. The molecule has 4 amide bonds. The van der Waals surface area contributed by atoms with E-state index in [9.17, 15) is 14.4 Å². The maximum atomic E-state index is 12.6. The van der Waals surface area contributed by atoms with Crippen LogP contribution in [0.3, 0.4) is 0 Å². The highest BCUT2D eigenvalue weighted by molar-refractivity contribution is 7.99. The lowest BCUT2D eigenvalue weighted by Crippen LogP contribution is -2.49. The number of nitrogens with zero attached hydrogens (tertiary/aromatic N) is 6. The molecule has 0 saturated carbocycles. The number of carbonyl (C=O) groups is 3. The highest BCUT2D eigenvalue weighted by atomic mass is 32.2. The summed E-state index contributed by atoms with van der Waals surface area (Å²) in [4.78, 5) is 52.7. The molecular weight excluding hydrogens is 392 g/mol. The third kappa shape index (κ3) is 4.63. The molecule has 1 atom stereocenters. The van der Waals surface area contributed by atoms with Crippen molar-refractivity contribution < 1.29 is 14.4 Å². The summed E-state index contributed by atoms with van der Waals surface area (Å²) in [6.45, 7) is 3.48. The number of anilines is 1. The van der Waals surface area contributed by atoms with Crippen molar-refractivity contribution in [1.82, 2.24) is 24.7 Å². The lowest BCUT2D eigenvalue weighted by molar-refractivity contribution is -0.132. The Balaban J connectivity index is 1.22. The van der Waals surface area contributed by atoms with E-state index in [-0.39, 0.29) is 30.8 Å². The highest BCUT2D eigenvalue weighted by Gasteiger charge is 2.37. The third-order valence-electron chi connectivity index (χ3n) is 5.66. The van der Waals surface area contributed by atoms with Crippen LogP contribution in [-0.4, -0.2) is 99.8 Å². The molecule has 0 aromatic carbocycles. The van der Waals surface area contributed by atoms with Crippen LogP contribution in [0.25, 0.3) is 0 Å². The summed E-state index contributed by atoms with van der Waals surface area (Å²) in [5, 5.41) is 0. The summed E-state index contributed by atoms with van der Waals surface area (Å²) in [6.07, 6.45) is 4.72. The second kappa shape index (κ2) is 8.98. The molecule has 9 nitrogen and oxygen atoms in total. The molecule has 0 bridgehead atoms. The van der Waals surface area contributed by atoms with Gasteiger partial charge in [-0.25, -0.2) is 14.8 Å². The Hall–Kier alpha value is -2.36. The predicted octanol–water partition coefficient (Wildman–Crippen LogP) is 0.533. The van der Waals surface area contributed by atoms with Gasteiger partial charge in [-0.2, -0.15) is 11.8 Å². The molecule has 3 aliphatic rings. The smallest absolute Gasteiger partial charge is 0.327 e. The van der Waals surface area contributed by atoms with E-state index in [1.807, 2.05) is 16.7 Å². The molecule has 0 N–H and O–H groups in total. The first-order valence-corrected chi connectivity index (χ1v) is 11.2. The van der Waals surface area contributed by atoms with E-state index in [2.05, 4.69) is 14.9 Å². The fourth-order valence-corrected chi connectivity index (χ4v) is 5.20. The number of thioether (sulfide) groups is 1. The van der Waals surface area contributed by atoms with Crippen LogP contribution in [0, 0.1) is 5.92 Å². The molecule has 3 saturated heterocycles. The van der Waals surface area contributed by atoms with Crippen LogP contribution in [0.4, 0.5) is 10.7 Å². The summed E-state index contributed by atoms with van der Waals surface area (Å²) in [5.41, 5.74) is 0. The lowest BCUT2D eigenvalue weighted by Gasteiger charge is -2.35. The van der Waals surface area contributed by atoms with Gasteiger partial charge in [0.2, 0.25) is 17.8 Å². The van der Waals surface area contributed by atoms with Crippen LogP contribution in [0.1, 0.15) is 12.8 Å². The van der Waals surface area contributed by atoms with Crippen molar-refractivity contribution in [3.8, 4) is 0 Å². The SMILES string of the molecule is O=C(CCN1CC(=O)N(CC2CCSC2)C1=O)N1CCN(c2ncccn2)CC1. The molecule has 4 heterocycles. The summed E-state index contributed by atoms with van der Waals surface area (Å²) >= 11 is 1.87. The van der Waals surface area contributed by atoms with Gasteiger partial charge in [0.05, 0.1) is 0 Å². The minimum Gasteiger partial charge on any atom is -0.339 e. The van der Waals surface area contributed by atoms with Gasteiger partial charge in [-0.05, 0) is 29.9 Å². The first-order chi connectivity index (χ1) is 14.1. The average Bonchev–Trinajstić information content (AvgIpc) is 3.36. The minimum atomic E-state index is -0.245. The predicted molar refractivity (Wildman–Crippen MR) is 110 cm³/mol. The monoisotopic (exact) mass is 418 g/mol. The van der Waals surface area contributed by atoms with Crippen molar-refractivity contribution in [2.24, 2.45) is 5.92 Å². The van der Waals surface area contributed by atoms with E-state index < -0.39 is 0 Å². The van der Waals surface area contributed by atoms with Crippen molar-refractivity contribution >= 4 is 35.6 Å². The van der Waals surface area contributed by atoms with Crippen molar-refractivity contribution in [2.75, 3.05) is 62.2 Å². The van der Waals surface area contributed by atoms with Crippen LogP contribution in [0.15, 0.2) is 18.5 Å². The van der Waals surface area contributed by atoms with E-state index >= 15 is 0 Å². The molecule has 1 aromatic rings. The number of urea groups is 1. The lowest BCUT2D eigenvalue weighted by atomic mass is 10.1. The second-order valence-electron chi connectivity index (χ2n) is 7.60. The van der Waals surface area contributed by atoms with Gasteiger partial charge in [0.25, 0.3) is 0 Å². The topological polar surface area (TPSA) is 90.0 Å². The zero-order valence-corrected chi connectivity index (χ0v) is 17.2. The van der Waals surface area contributed by atoms with Gasteiger partial charge in [0.15, 0.2) is 0 Å². The summed E-state index contributed by atoms with van der Waals surface area (Å²) in [6, 6.07) is 1.53. The van der Waals surface area contributed by atoms with Crippen molar-refractivity contribution in [3.05, 3.63) is 18.5 Å². The number of piperazine rings is 1. The van der Waals surface area contributed by atoms with Gasteiger partial charge < -0.3 is 14.7 Å². The summed E-state index contributed by atoms with van der Waals surface area (Å²) < 4.78 is 0. The normalized spacial score (nSPS) is 22.7. The van der Waals surface area contributed by atoms with Crippen molar-refractivity contribution in [1.29, 1.82) is 0 Å². The second-order valence-corrected chi connectivity index (χ2v) is 8.75. The molecular formula is C19H26N6O3S. The highest BCUT2D eigenvalue weighted by Crippen LogP contribution is 2.25. The minimum absolute atomic E-state index is 0.0181. The number of rotatable bonds is 6. The Morgan fingerprint density at radius 1 is 1.14 bits per heavy atom. The average molecular weight is 419 g/mol. The fourth-order valence-electron chi connectivity index (χ4n) is 3.93. The van der Waals surface area contributed by atoms with Crippen LogP contribution < -0.4 is 4.90 Å². The molecule has 0 spiro atoms. The quantitative estimate of drug-likeness (QED) is 0.623. The van der Waals surface area contributed by atoms with E-state index in [0.717, 1.165) is 17.9 Å². The Morgan fingerprint density at radius 3 is 2.59 bits per heavy atom.